The number of urea groups is 1. The van der Waals surface area contributed by atoms with Gasteiger partial charge in [-0.2, -0.15) is 0 Å². The van der Waals surface area contributed by atoms with Gasteiger partial charge in [0.2, 0.25) is 0 Å². The van der Waals surface area contributed by atoms with E-state index < -0.39 is 23.8 Å². The van der Waals surface area contributed by atoms with Crippen molar-refractivity contribution in [3.8, 4) is 11.3 Å². The molecular formula is C25H19ClN2O6. The topological polar surface area (TPSA) is 106 Å². The summed E-state index contributed by atoms with van der Waals surface area (Å²) in [6, 6.07) is 15.4. The van der Waals surface area contributed by atoms with Crippen LogP contribution in [0, 0.1) is 0 Å². The summed E-state index contributed by atoms with van der Waals surface area (Å²) in [6.45, 7) is 3.47. The zero-order valence-electron chi connectivity index (χ0n) is 18.2. The molecule has 0 atom stereocenters. The summed E-state index contributed by atoms with van der Waals surface area (Å²) in [5, 5.41) is 2.39. The summed E-state index contributed by atoms with van der Waals surface area (Å²) < 4.78 is 11.0. The minimum absolute atomic E-state index is 0.183. The average molecular weight is 479 g/mol. The molecule has 3 aromatic rings. The Morgan fingerprint density at radius 2 is 1.79 bits per heavy atom. The number of para-hydroxylation sites is 1. The number of anilines is 1. The Balaban J connectivity index is 1.64. The van der Waals surface area contributed by atoms with E-state index >= 15 is 0 Å². The lowest BCUT2D eigenvalue weighted by molar-refractivity contribution is -0.122. The number of imide groups is 2. The zero-order chi connectivity index (χ0) is 24.4. The van der Waals surface area contributed by atoms with E-state index in [1.165, 1.54) is 12.1 Å². The fourth-order valence-electron chi connectivity index (χ4n) is 3.31. The largest absolute Gasteiger partial charge is 0.459 e. The van der Waals surface area contributed by atoms with Crippen molar-refractivity contribution in [2.24, 2.45) is 0 Å². The Labute approximate surface area is 199 Å². The van der Waals surface area contributed by atoms with Crippen LogP contribution in [0.1, 0.15) is 30.0 Å². The molecule has 9 heteroatoms. The number of carbonyl (C=O) groups is 4. The SMILES string of the molecule is CC(C)OC(=O)c1cc(-c2ccc(/C=C3\C(=O)NC(=O)N(c4ccccc4)C3=O)o2)ccc1Cl. The van der Waals surface area contributed by atoms with Gasteiger partial charge in [-0.3, -0.25) is 14.9 Å². The molecule has 2 aromatic carbocycles. The number of carbonyl (C=O) groups excluding carboxylic acids is 4. The second-order valence-corrected chi connectivity index (χ2v) is 8.05. The predicted octanol–water partition coefficient (Wildman–Crippen LogP) is 4.83. The van der Waals surface area contributed by atoms with Crippen LogP contribution in [0.15, 0.2) is 70.7 Å². The maximum Gasteiger partial charge on any atom is 0.339 e. The summed E-state index contributed by atoms with van der Waals surface area (Å²) in [5.74, 6) is -1.58. The third-order valence-electron chi connectivity index (χ3n) is 4.84. The summed E-state index contributed by atoms with van der Waals surface area (Å²) >= 11 is 6.15. The van der Waals surface area contributed by atoms with Gasteiger partial charge in [0.15, 0.2) is 0 Å². The van der Waals surface area contributed by atoms with Crippen molar-refractivity contribution in [3.63, 3.8) is 0 Å². The molecule has 1 aliphatic rings. The third kappa shape index (κ3) is 4.62. The molecule has 2 heterocycles. The van der Waals surface area contributed by atoms with Gasteiger partial charge in [-0.1, -0.05) is 29.8 Å². The first-order chi connectivity index (χ1) is 16.2. The highest BCUT2D eigenvalue weighted by molar-refractivity contribution is 6.39. The Morgan fingerprint density at radius 3 is 2.50 bits per heavy atom. The first kappa shape index (κ1) is 23.0. The van der Waals surface area contributed by atoms with Crippen LogP contribution in [0.5, 0.6) is 0 Å². The molecule has 0 saturated carbocycles. The van der Waals surface area contributed by atoms with E-state index in [0.29, 0.717) is 17.0 Å². The highest BCUT2D eigenvalue weighted by atomic mass is 35.5. The van der Waals surface area contributed by atoms with Crippen molar-refractivity contribution in [1.82, 2.24) is 5.32 Å². The van der Waals surface area contributed by atoms with E-state index in [-0.39, 0.29) is 28.0 Å². The van der Waals surface area contributed by atoms with Crippen molar-refractivity contribution in [1.29, 1.82) is 0 Å². The number of hydrogen-bond donors (Lipinski definition) is 1. The third-order valence-corrected chi connectivity index (χ3v) is 5.17. The fourth-order valence-corrected chi connectivity index (χ4v) is 3.50. The Kier molecular flexibility index (Phi) is 6.34. The Bertz CT molecular complexity index is 1330. The van der Waals surface area contributed by atoms with Crippen LogP contribution in [0.3, 0.4) is 0 Å². The van der Waals surface area contributed by atoms with E-state index in [1.54, 1.807) is 68.4 Å². The monoisotopic (exact) mass is 478 g/mol. The highest BCUT2D eigenvalue weighted by Gasteiger charge is 2.37. The number of ether oxygens (including phenoxy) is 1. The van der Waals surface area contributed by atoms with E-state index in [0.717, 1.165) is 4.90 Å². The van der Waals surface area contributed by atoms with Crippen LogP contribution in [0.2, 0.25) is 5.02 Å². The first-order valence-electron chi connectivity index (χ1n) is 10.3. The molecule has 1 saturated heterocycles. The molecule has 34 heavy (non-hydrogen) atoms. The molecule has 4 rings (SSSR count). The van der Waals surface area contributed by atoms with Crippen LogP contribution in [-0.2, 0) is 14.3 Å². The number of hydrogen-bond acceptors (Lipinski definition) is 6. The van der Waals surface area contributed by atoms with E-state index in [1.807, 2.05) is 0 Å². The summed E-state index contributed by atoms with van der Waals surface area (Å²) in [6.07, 6.45) is 0.948. The molecule has 0 radical (unpaired) electrons. The molecule has 0 spiro atoms. The molecule has 1 aliphatic heterocycles. The van der Waals surface area contributed by atoms with E-state index in [2.05, 4.69) is 5.32 Å². The normalized spacial score (nSPS) is 15.1. The van der Waals surface area contributed by atoms with Gasteiger partial charge >= 0.3 is 12.0 Å². The van der Waals surface area contributed by atoms with E-state index in [9.17, 15) is 19.2 Å². The zero-order valence-corrected chi connectivity index (χ0v) is 19.0. The van der Waals surface area contributed by atoms with Gasteiger partial charge in [0.1, 0.15) is 17.1 Å². The van der Waals surface area contributed by atoms with Crippen molar-refractivity contribution >= 4 is 47.2 Å². The lowest BCUT2D eigenvalue weighted by Crippen LogP contribution is -2.54. The van der Waals surface area contributed by atoms with Crippen molar-refractivity contribution in [2.45, 2.75) is 20.0 Å². The number of furan rings is 1. The molecule has 4 amide bonds. The number of nitrogens with zero attached hydrogens (tertiary/aromatic N) is 1. The first-order valence-corrected chi connectivity index (χ1v) is 10.7. The number of esters is 1. The molecule has 8 nitrogen and oxygen atoms in total. The summed E-state index contributed by atoms with van der Waals surface area (Å²) in [7, 11) is 0. The summed E-state index contributed by atoms with van der Waals surface area (Å²) in [5.41, 5.74) is 0.792. The second-order valence-electron chi connectivity index (χ2n) is 7.64. The van der Waals surface area contributed by atoms with Crippen molar-refractivity contribution in [3.05, 3.63) is 82.6 Å². The van der Waals surface area contributed by atoms with Crippen LogP contribution < -0.4 is 10.2 Å². The van der Waals surface area contributed by atoms with Gasteiger partial charge in [-0.25, -0.2) is 14.5 Å². The lowest BCUT2D eigenvalue weighted by atomic mass is 10.1. The highest BCUT2D eigenvalue weighted by Crippen LogP contribution is 2.29. The van der Waals surface area contributed by atoms with E-state index in [4.69, 9.17) is 20.8 Å². The maximum atomic E-state index is 12.9. The number of nitrogens with one attached hydrogen (secondary N) is 1. The minimum atomic E-state index is -0.833. The quantitative estimate of drug-likeness (QED) is 0.320. The summed E-state index contributed by atoms with van der Waals surface area (Å²) in [4.78, 5) is 50.8. The van der Waals surface area contributed by atoms with Crippen LogP contribution in [0.4, 0.5) is 10.5 Å². The van der Waals surface area contributed by atoms with Gasteiger partial charge in [-0.15, -0.1) is 0 Å². The average Bonchev–Trinajstić information content (AvgIpc) is 3.26. The predicted molar refractivity (Wildman–Crippen MR) is 125 cm³/mol. The van der Waals surface area contributed by atoms with Gasteiger partial charge in [-0.05, 0) is 62.4 Å². The van der Waals surface area contributed by atoms with Gasteiger partial charge < -0.3 is 9.15 Å². The lowest BCUT2D eigenvalue weighted by Gasteiger charge is -2.26. The molecule has 0 unspecified atom stereocenters. The molecule has 0 aliphatic carbocycles. The second kappa shape index (κ2) is 9.36. The van der Waals surface area contributed by atoms with Crippen molar-refractivity contribution in [2.75, 3.05) is 4.90 Å². The number of benzene rings is 2. The van der Waals surface area contributed by atoms with Crippen LogP contribution in [-0.4, -0.2) is 29.9 Å². The maximum absolute atomic E-state index is 12.9. The Morgan fingerprint density at radius 1 is 1.06 bits per heavy atom. The van der Waals surface area contributed by atoms with Crippen molar-refractivity contribution < 1.29 is 28.3 Å². The molecule has 1 aromatic heterocycles. The molecular weight excluding hydrogens is 460 g/mol. The number of halogens is 1. The minimum Gasteiger partial charge on any atom is -0.459 e. The standard InChI is InChI=1S/C25H19ClN2O6/c1-14(2)33-24(31)18-12-15(8-10-20(18)26)21-11-9-17(34-21)13-19-22(29)27-25(32)28(23(19)30)16-6-4-3-5-7-16/h3-14H,1-2H3,(H,27,29,32)/b19-13+. The van der Waals surface area contributed by atoms with Crippen LogP contribution >= 0.6 is 11.6 Å². The number of rotatable bonds is 5. The van der Waals surface area contributed by atoms with Gasteiger partial charge in [0, 0.05) is 5.56 Å². The molecule has 0 bridgehead atoms. The number of barbiturate groups is 1. The molecule has 172 valence electrons. The smallest absolute Gasteiger partial charge is 0.339 e. The fraction of sp³-hybridized carbons (Fsp3) is 0.120. The van der Waals surface area contributed by atoms with Gasteiger partial charge in [0.05, 0.1) is 22.4 Å². The van der Waals surface area contributed by atoms with Gasteiger partial charge in [0.25, 0.3) is 11.8 Å². The Hall–Kier alpha value is -4.17. The van der Waals surface area contributed by atoms with Crippen LogP contribution in [0.25, 0.3) is 17.4 Å². The number of amides is 4. The molecule has 1 fully saturated rings. The molecule has 1 N–H and O–H groups in total.